The van der Waals surface area contributed by atoms with Crippen LogP contribution in [0.4, 0.5) is 4.79 Å². The second-order valence-electron chi connectivity index (χ2n) is 4.74. The first-order chi connectivity index (χ1) is 5.88. The van der Waals surface area contributed by atoms with Crippen LogP contribution >= 0.6 is 0 Å². The summed E-state index contributed by atoms with van der Waals surface area (Å²) in [6.45, 7) is 7.32. The minimum atomic E-state index is -0.829. The Labute approximate surface area is 78.7 Å². The topological polar surface area (TPSA) is 66.6 Å². The van der Waals surface area contributed by atoms with E-state index in [1.165, 1.54) is 4.90 Å². The third kappa shape index (κ3) is 1.77. The molecule has 4 heteroatoms. The fraction of sp³-hybridized carbons (Fsp3) is 0.889. The number of likely N-dealkylation sites (tertiary alicyclic amines) is 1. The lowest BCUT2D eigenvalue weighted by Crippen LogP contribution is -2.65. The van der Waals surface area contributed by atoms with E-state index in [0.717, 1.165) is 0 Å². The molecular formula is C9H18N2O2. The van der Waals surface area contributed by atoms with Gasteiger partial charge in [-0.2, -0.15) is 0 Å². The van der Waals surface area contributed by atoms with Crippen molar-refractivity contribution in [3.05, 3.63) is 0 Å². The van der Waals surface area contributed by atoms with Crippen LogP contribution in [0.1, 0.15) is 20.8 Å². The van der Waals surface area contributed by atoms with Gasteiger partial charge < -0.3 is 15.7 Å². The van der Waals surface area contributed by atoms with Crippen molar-refractivity contribution in [1.82, 2.24) is 4.90 Å². The summed E-state index contributed by atoms with van der Waals surface area (Å²) in [7, 11) is 0. The second kappa shape index (κ2) is 3.18. The van der Waals surface area contributed by atoms with E-state index in [4.69, 9.17) is 10.8 Å². The molecule has 3 N–H and O–H groups in total. The lowest BCUT2D eigenvalue weighted by Gasteiger charge is -2.52. The molecule has 2 unspecified atom stereocenters. The highest BCUT2D eigenvalue weighted by atomic mass is 16.4. The van der Waals surface area contributed by atoms with E-state index < -0.39 is 6.09 Å². The Morgan fingerprint density at radius 2 is 2.15 bits per heavy atom. The fourth-order valence-electron chi connectivity index (χ4n) is 2.16. The average Bonchev–Trinajstić information content (AvgIpc) is 1.80. The summed E-state index contributed by atoms with van der Waals surface area (Å²) in [5.74, 6) is 0.330. The number of carboxylic acid groups (broad SMARTS) is 1. The van der Waals surface area contributed by atoms with Crippen LogP contribution in [-0.4, -0.2) is 35.2 Å². The van der Waals surface area contributed by atoms with Gasteiger partial charge in [-0.1, -0.05) is 20.8 Å². The van der Waals surface area contributed by atoms with E-state index in [-0.39, 0.29) is 11.5 Å². The highest BCUT2D eigenvalue weighted by Gasteiger charge is 2.47. The Morgan fingerprint density at radius 1 is 1.62 bits per heavy atom. The molecule has 1 aliphatic rings. The van der Waals surface area contributed by atoms with Crippen molar-refractivity contribution in [3.8, 4) is 0 Å². The number of nitrogens with zero attached hydrogens (tertiary/aromatic N) is 1. The number of rotatable bonds is 1. The van der Waals surface area contributed by atoms with Crippen LogP contribution in [0.15, 0.2) is 0 Å². The highest BCUT2D eigenvalue weighted by molar-refractivity contribution is 5.67. The van der Waals surface area contributed by atoms with Crippen LogP contribution in [0.25, 0.3) is 0 Å². The summed E-state index contributed by atoms with van der Waals surface area (Å²) < 4.78 is 0. The largest absolute Gasteiger partial charge is 0.465 e. The van der Waals surface area contributed by atoms with E-state index in [1.807, 2.05) is 0 Å². The molecule has 1 saturated heterocycles. The van der Waals surface area contributed by atoms with Crippen LogP contribution in [0, 0.1) is 11.3 Å². The van der Waals surface area contributed by atoms with Crippen molar-refractivity contribution in [3.63, 3.8) is 0 Å². The maximum Gasteiger partial charge on any atom is 0.407 e. The SMILES string of the molecule is CC(C)(C)C1C(CN)CN1C(=O)O. The van der Waals surface area contributed by atoms with Crippen LogP contribution in [0.2, 0.25) is 0 Å². The van der Waals surface area contributed by atoms with Gasteiger partial charge in [-0.15, -0.1) is 0 Å². The van der Waals surface area contributed by atoms with E-state index in [0.29, 0.717) is 19.0 Å². The van der Waals surface area contributed by atoms with Gasteiger partial charge in [0.2, 0.25) is 0 Å². The first-order valence-corrected chi connectivity index (χ1v) is 4.57. The van der Waals surface area contributed by atoms with Crippen LogP contribution in [0.5, 0.6) is 0 Å². The molecule has 1 amide bonds. The van der Waals surface area contributed by atoms with Gasteiger partial charge in [0, 0.05) is 18.5 Å². The number of hydrogen-bond acceptors (Lipinski definition) is 2. The van der Waals surface area contributed by atoms with Gasteiger partial charge >= 0.3 is 6.09 Å². The molecule has 0 bridgehead atoms. The molecule has 0 aliphatic carbocycles. The van der Waals surface area contributed by atoms with Crippen LogP contribution < -0.4 is 5.73 Å². The lowest BCUT2D eigenvalue weighted by atomic mass is 9.72. The zero-order valence-electron chi connectivity index (χ0n) is 8.45. The van der Waals surface area contributed by atoms with Gasteiger partial charge in [0.1, 0.15) is 0 Å². The summed E-state index contributed by atoms with van der Waals surface area (Å²) >= 11 is 0. The summed E-state index contributed by atoms with van der Waals surface area (Å²) in [6, 6.07) is 0.0787. The van der Waals surface area contributed by atoms with E-state index in [9.17, 15) is 4.79 Å². The molecule has 13 heavy (non-hydrogen) atoms. The maximum atomic E-state index is 10.8. The Morgan fingerprint density at radius 3 is 2.46 bits per heavy atom. The van der Waals surface area contributed by atoms with Crippen molar-refractivity contribution >= 4 is 6.09 Å². The van der Waals surface area contributed by atoms with Crippen molar-refractivity contribution < 1.29 is 9.90 Å². The molecule has 0 spiro atoms. The lowest BCUT2D eigenvalue weighted by molar-refractivity contribution is -0.0304. The Kier molecular flexibility index (Phi) is 2.52. The average molecular weight is 186 g/mol. The predicted molar refractivity (Wildman–Crippen MR) is 50.5 cm³/mol. The van der Waals surface area contributed by atoms with E-state index in [1.54, 1.807) is 0 Å². The predicted octanol–water partition coefficient (Wildman–Crippen LogP) is 0.970. The van der Waals surface area contributed by atoms with Crippen molar-refractivity contribution in [2.24, 2.45) is 17.1 Å². The molecule has 76 valence electrons. The summed E-state index contributed by atoms with van der Waals surface area (Å²) in [6.07, 6.45) is -0.829. The zero-order valence-corrected chi connectivity index (χ0v) is 8.45. The van der Waals surface area contributed by atoms with Crippen LogP contribution in [0.3, 0.4) is 0 Å². The Bertz CT molecular complexity index is 210. The monoisotopic (exact) mass is 186 g/mol. The van der Waals surface area contributed by atoms with Gasteiger partial charge in [0.15, 0.2) is 0 Å². The number of carbonyl (C=O) groups is 1. The first kappa shape index (κ1) is 10.3. The van der Waals surface area contributed by atoms with Crippen LogP contribution in [-0.2, 0) is 0 Å². The highest BCUT2D eigenvalue weighted by Crippen LogP contribution is 2.37. The van der Waals surface area contributed by atoms with Crippen molar-refractivity contribution in [2.45, 2.75) is 26.8 Å². The number of nitrogens with two attached hydrogens (primary N) is 1. The molecule has 1 rings (SSSR count). The molecule has 0 aromatic carbocycles. The quantitative estimate of drug-likeness (QED) is 0.641. The van der Waals surface area contributed by atoms with Gasteiger partial charge in [0.25, 0.3) is 0 Å². The third-order valence-electron chi connectivity index (χ3n) is 2.65. The fourth-order valence-corrected chi connectivity index (χ4v) is 2.16. The molecule has 4 nitrogen and oxygen atoms in total. The van der Waals surface area contributed by atoms with E-state index >= 15 is 0 Å². The minimum absolute atomic E-state index is 0.0132. The molecular weight excluding hydrogens is 168 g/mol. The molecule has 1 heterocycles. The number of hydrogen-bond donors (Lipinski definition) is 2. The van der Waals surface area contributed by atoms with Crippen molar-refractivity contribution in [1.29, 1.82) is 0 Å². The first-order valence-electron chi connectivity index (χ1n) is 4.57. The normalized spacial score (nSPS) is 28.5. The Hall–Kier alpha value is -0.770. The molecule has 2 atom stereocenters. The Balaban J connectivity index is 2.70. The zero-order chi connectivity index (χ0) is 10.2. The second-order valence-corrected chi connectivity index (χ2v) is 4.74. The van der Waals surface area contributed by atoms with Gasteiger partial charge in [-0.05, 0) is 12.0 Å². The van der Waals surface area contributed by atoms with Gasteiger partial charge in [-0.25, -0.2) is 4.79 Å². The van der Waals surface area contributed by atoms with Crippen molar-refractivity contribution in [2.75, 3.05) is 13.1 Å². The molecule has 0 radical (unpaired) electrons. The summed E-state index contributed by atoms with van der Waals surface area (Å²) in [4.78, 5) is 12.3. The van der Waals surface area contributed by atoms with Gasteiger partial charge in [-0.3, -0.25) is 0 Å². The third-order valence-corrected chi connectivity index (χ3v) is 2.65. The van der Waals surface area contributed by atoms with Gasteiger partial charge in [0.05, 0.1) is 0 Å². The molecule has 1 aliphatic heterocycles. The molecule has 1 fully saturated rings. The number of amides is 1. The molecule has 0 saturated carbocycles. The molecule has 0 aromatic heterocycles. The standard InChI is InChI=1S/C9H18N2O2/c1-9(2,3)7-6(4-10)5-11(7)8(12)13/h6-7H,4-5,10H2,1-3H3,(H,12,13). The van der Waals surface area contributed by atoms with E-state index in [2.05, 4.69) is 20.8 Å². The smallest absolute Gasteiger partial charge is 0.407 e. The summed E-state index contributed by atoms with van der Waals surface area (Å²) in [5, 5.41) is 8.87. The maximum absolute atomic E-state index is 10.8. The minimum Gasteiger partial charge on any atom is -0.465 e. The summed E-state index contributed by atoms with van der Waals surface area (Å²) in [5.41, 5.74) is 5.55. The molecule has 0 aromatic rings.